The van der Waals surface area contributed by atoms with Crippen LogP contribution in [0.15, 0.2) is 54.9 Å². The van der Waals surface area contributed by atoms with Crippen molar-refractivity contribution in [1.82, 2.24) is 9.55 Å². The van der Waals surface area contributed by atoms with Gasteiger partial charge in [0, 0.05) is 5.56 Å². The highest BCUT2D eigenvalue weighted by atomic mass is 16.1. The van der Waals surface area contributed by atoms with Gasteiger partial charge in [-0.15, -0.1) is 0 Å². The van der Waals surface area contributed by atoms with Crippen LogP contribution in [0.5, 0.6) is 0 Å². The van der Waals surface area contributed by atoms with E-state index in [0.29, 0.717) is 5.56 Å². The molecule has 0 aliphatic carbocycles. The minimum Gasteiger partial charge on any atom is -0.366 e. The van der Waals surface area contributed by atoms with Crippen LogP contribution in [0.1, 0.15) is 28.9 Å². The van der Waals surface area contributed by atoms with Crippen molar-refractivity contribution in [2.75, 3.05) is 0 Å². The van der Waals surface area contributed by atoms with Crippen LogP contribution in [0.3, 0.4) is 0 Å². The van der Waals surface area contributed by atoms with Gasteiger partial charge in [-0.3, -0.25) is 4.79 Å². The number of imidazole rings is 1. The maximum absolute atomic E-state index is 11.1. The molecule has 0 spiro atoms. The molecule has 4 heteroatoms. The van der Waals surface area contributed by atoms with E-state index >= 15 is 0 Å². The summed E-state index contributed by atoms with van der Waals surface area (Å²) in [4.78, 5) is 15.5. The minimum absolute atomic E-state index is 0.143. The van der Waals surface area contributed by atoms with Crippen LogP contribution >= 0.6 is 0 Å². The number of para-hydroxylation sites is 2. The standard InChI is InChI=1S/C16H15N3O/c1-11(12-6-8-13(9-7-12)16(17)20)19-10-18-14-4-2-3-5-15(14)19/h2-11H,1H3,(H2,17,20). The van der Waals surface area contributed by atoms with Gasteiger partial charge in [-0.25, -0.2) is 4.98 Å². The monoisotopic (exact) mass is 265 g/mol. The molecule has 0 aliphatic heterocycles. The fourth-order valence-electron chi connectivity index (χ4n) is 2.37. The van der Waals surface area contributed by atoms with Crippen LogP contribution in [0, 0.1) is 0 Å². The van der Waals surface area contributed by atoms with Gasteiger partial charge >= 0.3 is 0 Å². The maximum atomic E-state index is 11.1. The highest BCUT2D eigenvalue weighted by Gasteiger charge is 2.11. The first kappa shape index (κ1) is 12.4. The summed E-state index contributed by atoms with van der Waals surface area (Å²) in [6.07, 6.45) is 1.84. The van der Waals surface area contributed by atoms with Crippen molar-refractivity contribution in [2.45, 2.75) is 13.0 Å². The van der Waals surface area contributed by atoms with Gasteiger partial charge < -0.3 is 10.3 Å². The van der Waals surface area contributed by atoms with Crippen molar-refractivity contribution in [2.24, 2.45) is 5.73 Å². The van der Waals surface area contributed by atoms with E-state index in [-0.39, 0.29) is 6.04 Å². The van der Waals surface area contributed by atoms with Crippen molar-refractivity contribution in [3.8, 4) is 0 Å². The molecule has 1 atom stereocenters. The van der Waals surface area contributed by atoms with Crippen LogP contribution < -0.4 is 5.73 Å². The summed E-state index contributed by atoms with van der Waals surface area (Å²) in [7, 11) is 0. The number of hydrogen-bond acceptors (Lipinski definition) is 2. The Balaban J connectivity index is 1.99. The molecule has 1 heterocycles. The number of aromatic nitrogens is 2. The molecule has 0 saturated heterocycles. The molecular weight excluding hydrogens is 250 g/mol. The van der Waals surface area contributed by atoms with Gasteiger partial charge in [0.15, 0.2) is 0 Å². The Hall–Kier alpha value is -2.62. The normalized spacial score (nSPS) is 12.4. The van der Waals surface area contributed by atoms with Gasteiger partial charge in [0.1, 0.15) is 0 Å². The molecule has 0 saturated carbocycles. The number of nitrogens with two attached hydrogens (primary N) is 1. The second-order valence-electron chi connectivity index (χ2n) is 4.80. The summed E-state index contributed by atoms with van der Waals surface area (Å²) < 4.78 is 2.12. The number of hydrogen-bond donors (Lipinski definition) is 1. The Bertz CT molecular complexity index is 759. The molecular formula is C16H15N3O. The number of carbonyl (C=O) groups excluding carboxylic acids is 1. The molecule has 2 aromatic carbocycles. The molecule has 3 rings (SSSR count). The molecule has 4 nitrogen and oxygen atoms in total. The first-order chi connectivity index (χ1) is 9.66. The van der Waals surface area contributed by atoms with Crippen molar-refractivity contribution < 1.29 is 4.79 Å². The molecule has 3 aromatic rings. The lowest BCUT2D eigenvalue weighted by Crippen LogP contribution is -2.11. The van der Waals surface area contributed by atoms with Crippen LogP contribution in [0.2, 0.25) is 0 Å². The molecule has 0 radical (unpaired) electrons. The van der Waals surface area contributed by atoms with E-state index in [1.807, 2.05) is 36.7 Å². The quantitative estimate of drug-likeness (QED) is 0.791. The number of amides is 1. The number of fused-ring (bicyclic) bond motifs is 1. The molecule has 20 heavy (non-hydrogen) atoms. The van der Waals surface area contributed by atoms with Crippen molar-refractivity contribution in [3.63, 3.8) is 0 Å². The summed E-state index contributed by atoms with van der Waals surface area (Å²) in [6.45, 7) is 2.10. The Kier molecular flexibility index (Phi) is 2.99. The van der Waals surface area contributed by atoms with Gasteiger partial charge in [-0.2, -0.15) is 0 Å². The third-order valence-electron chi connectivity index (χ3n) is 3.58. The smallest absolute Gasteiger partial charge is 0.248 e. The van der Waals surface area contributed by atoms with E-state index < -0.39 is 5.91 Å². The molecule has 1 unspecified atom stereocenters. The average Bonchev–Trinajstić information content (AvgIpc) is 2.90. The fourth-order valence-corrected chi connectivity index (χ4v) is 2.37. The van der Waals surface area contributed by atoms with E-state index in [1.54, 1.807) is 12.1 Å². The molecule has 0 bridgehead atoms. The highest BCUT2D eigenvalue weighted by Crippen LogP contribution is 2.23. The lowest BCUT2D eigenvalue weighted by atomic mass is 10.1. The van der Waals surface area contributed by atoms with Crippen molar-refractivity contribution in [3.05, 3.63) is 66.0 Å². The largest absolute Gasteiger partial charge is 0.366 e. The van der Waals surface area contributed by atoms with Crippen LogP contribution in [0.25, 0.3) is 11.0 Å². The van der Waals surface area contributed by atoms with E-state index in [1.165, 1.54) is 0 Å². The van der Waals surface area contributed by atoms with E-state index in [0.717, 1.165) is 16.6 Å². The van der Waals surface area contributed by atoms with Crippen molar-refractivity contribution in [1.29, 1.82) is 0 Å². The van der Waals surface area contributed by atoms with Gasteiger partial charge in [0.05, 0.1) is 23.4 Å². The molecule has 0 aliphatic rings. The number of primary amides is 1. The first-order valence-corrected chi connectivity index (χ1v) is 6.48. The summed E-state index contributed by atoms with van der Waals surface area (Å²) in [6, 6.07) is 15.5. The van der Waals surface area contributed by atoms with Gasteiger partial charge in [-0.1, -0.05) is 24.3 Å². The lowest BCUT2D eigenvalue weighted by molar-refractivity contribution is 0.100. The molecule has 0 fully saturated rings. The molecule has 100 valence electrons. The average molecular weight is 265 g/mol. The van der Waals surface area contributed by atoms with Crippen LogP contribution in [0.4, 0.5) is 0 Å². The third-order valence-corrected chi connectivity index (χ3v) is 3.58. The predicted molar refractivity (Wildman–Crippen MR) is 78.5 cm³/mol. The predicted octanol–water partition coefficient (Wildman–Crippen LogP) is 2.74. The zero-order chi connectivity index (χ0) is 14.1. The lowest BCUT2D eigenvalue weighted by Gasteiger charge is -2.15. The summed E-state index contributed by atoms with van der Waals surface area (Å²) >= 11 is 0. The summed E-state index contributed by atoms with van der Waals surface area (Å²) in [5.74, 6) is -0.405. The Labute approximate surface area is 116 Å². The van der Waals surface area contributed by atoms with Crippen LogP contribution in [-0.2, 0) is 0 Å². The first-order valence-electron chi connectivity index (χ1n) is 6.48. The summed E-state index contributed by atoms with van der Waals surface area (Å²) in [5, 5.41) is 0. The van der Waals surface area contributed by atoms with E-state index in [2.05, 4.69) is 22.5 Å². The number of benzene rings is 2. The summed E-state index contributed by atoms with van der Waals surface area (Å²) in [5.41, 5.74) is 8.96. The molecule has 1 aromatic heterocycles. The number of nitrogens with zero attached hydrogens (tertiary/aromatic N) is 2. The molecule has 1 amide bonds. The zero-order valence-electron chi connectivity index (χ0n) is 11.2. The molecule has 2 N–H and O–H groups in total. The minimum atomic E-state index is -0.405. The SMILES string of the molecule is CC(c1ccc(C(N)=O)cc1)n1cnc2ccccc21. The van der Waals surface area contributed by atoms with Crippen molar-refractivity contribution >= 4 is 16.9 Å². The fraction of sp³-hybridized carbons (Fsp3) is 0.125. The second-order valence-corrected chi connectivity index (χ2v) is 4.80. The van der Waals surface area contributed by atoms with E-state index in [9.17, 15) is 4.79 Å². The maximum Gasteiger partial charge on any atom is 0.248 e. The van der Waals surface area contributed by atoms with Gasteiger partial charge in [0.25, 0.3) is 0 Å². The van der Waals surface area contributed by atoms with Gasteiger partial charge in [-0.05, 0) is 36.8 Å². The van der Waals surface area contributed by atoms with Crippen LogP contribution in [-0.4, -0.2) is 15.5 Å². The zero-order valence-corrected chi connectivity index (χ0v) is 11.2. The Morgan fingerprint density at radius 1 is 1.15 bits per heavy atom. The van der Waals surface area contributed by atoms with Gasteiger partial charge in [0.2, 0.25) is 5.91 Å². The number of carbonyl (C=O) groups is 1. The topological polar surface area (TPSA) is 60.9 Å². The highest BCUT2D eigenvalue weighted by molar-refractivity contribution is 5.92. The Morgan fingerprint density at radius 2 is 1.85 bits per heavy atom. The Morgan fingerprint density at radius 3 is 2.55 bits per heavy atom. The third kappa shape index (κ3) is 2.05. The number of rotatable bonds is 3. The van der Waals surface area contributed by atoms with E-state index in [4.69, 9.17) is 5.73 Å². The second kappa shape index (κ2) is 4.81.